The van der Waals surface area contributed by atoms with Gasteiger partial charge in [0.2, 0.25) is 0 Å². The second-order valence-electron chi connectivity index (χ2n) is 5.05. The van der Waals surface area contributed by atoms with E-state index in [0.717, 1.165) is 12.3 Å². The molecule has 16 heavy (non-hydrogen) atoms. The van der Waals surface area contributed by atoms with Crippen molar-refractivity contribution in [2.24, 2.45) is 5.92 Å². The van der Waals surface area contributed by atoms with E-state index in [-0.39, 0.29) is 0 Å². The number of hydrogen-bond acceptors (Lipinski definition) is 1. The van der Waals surface area contributed by atoms with Gasteiger partial charge in [-0.3, -0.25) is 0 Å². The van der Waals surface area contributed by atoms with Gasteiger partial charge in [-0.2, -0.15) is 0 Å². The molecule has 1 rings (SSSR count). The van der Waals surface area contributed by atoms with Crippen LogP contribution in [0.4, 0.5) is 0 Å². The van der Waals surface area contributed by atoms with Crippen LogP contribution >= 0.6 is 11.3 Å². The van der Waals surface area contributed by atoms with Crippen molar-refractivity contribution in [3.05, 3.63) is 21.4 Å². The lowest BCUT2D eigenvalue weighted by molar-refractivity contribution is 0.600. The Hall–Kier alpha value is -0.740. The Kier molecular flexibility index (Phi) is 5.09. The van der Waals surface area contributed by atoms with Gasteiger partial charge < -0.3 is 0 Å². The van der Waals surface area contributed by atoms with Crippen LogP contribution in [0.25, 0.3) is 0 Å². The first-order chi connectivity index (χ1) is 7.50. The van der Waals surface area contributed by atoms with Gasteiger partial charge in [0.15, 0.2) is 0 Å². The third-order valence-electron chi connectivity index (χ3n) is 2.55. The molecule has 88 valence electrons. The molecule has 1 heteroatoms. The normalized spacial score (nSPS) is 10.7. The molecule has 0 aromatic carbocycles. The van der Waals surface area contributed by atoms with Crippen molar-refractivity contribution in [3.8, 4) is 11.8 Å². The Labute approximate surface area is 104 Å². The van der Waals surface area contributed by atoms with Gasteiger partial charge in [-0.05, 0) is 36.8 Å². The number of rotatable bonds is 3. The smallest absolute Gasteiger partial charge is 0.0800 e. The van der Waals surface area contributed by atoms with E-state index in [9.17, 15) is 0 Å². The van der Waals surface area contributed by atoms with Crippen LogP contribution in [-0.4, -0.2) is 0 Å². The molecule has 0 radical (unpaired) electrons. The van der Waals surface area contributed by atoms with E-state index >= 15 is 0 Å². The van der Waals surface area contributed by atoms with E-state index in [1.54, 1.807) is 0 Å². The van der Waals surface area contributed by atoms with Gasteiger partial charge >= 0.3 is 0 Å². The molecule has 0 aliphatic heterocycles. The van der Waals surface area contributed by atoms with Crippen LogP contribution in [0.2, 0.25) is 0 Å². The molecule has 0 nitrogen and oxygen atoms in total. The third-order valence-corrected chi connectivity index (χ3v) is 4.01. The zero-order chi connectivity index (χ0) is 12.1. The van der Waals surface area contributed by atoms with Crippen LogP contribution in [0.15, 0.2) is 6.07 Å². The summed E-state index contributed by atoms with van der Waals surface area (Å²) in [5.74, 6) is 7.97. The fourth-order valence-electron chi connectivity index (χ4n) is 1.42. The minimum atomic E-state index is 0.620. The molecule has 0 spiro atoms. The minimum Gasteiger partial charge on any atom is -0.131 e. The van der Waals surface area contributed by atoms with Crippen molar-refractivity contribution >= 4 is 11.3 Å². The second-order valence-corrected chi connectivity index (χ2v) is 6.13. The van der Waals surface area contributed by atoms with E-state index in [4.69, 9.17) is 0 Å². The maximum Gasteiger partial charge on any atom is 0.0800 e. The van der Waals surface area contributed by atoms with Gasteiger partial charge in [0.05, 0.1) is 4.88 Å². The molecule has 0 bridgehead atoms. The quantitative estimate of drug-likeness (QED) is 0.648. The van der Waals surface area contributed by atoms with Gasteiger partial charge in [-0.1, -0.05) is 39.5 Å². The summed E-state index contributed by atoms with van der Waals surface area (Å²) in [5, 5.41) is 0. The molecular formula is C15H22S. The minimum absolute atomic E-state index is 0.620. The highest BCUT2D eigenvalue weighted by Crippen LogP contribution is 2.27. The lowest BCUT2D eigenvalue weighted by Crippen LogP contribution is -1.83. The zero-order valence-corrected chi connectivity index (χ0v) is 11.9. The highest BCUT2D eigenvalue weighted by Gasteiger charge is 2.06. The summed E-state index contributed by atoms with van der Waals surface area (Å²) in [6.07, 6.45) is 2.22. The molecule has 0 atom stereocenters. The molecule has 0 aliphatic rings. The summed E-state index contributed by atoms with van der Waals surface area (Å²) >= 11 is 1.85. The molecule has 1 heterocycles. The molecule has 0 aliphatic carbocycles. The molecule has 0 fully saturated rings. The van der Waals surface area contributed by atoms with Crippen molar-refractivity contribution in [3.63, 3.8) is 0 Å². The summed E-state index contributed by atoms with van der Waals surface area (Å²) in [6.45, 7) is 11.1. The lowest BCUT2D eigenvalue weighted by Gasteiger charge is -1.97. The summed E-state index contributed by atoms with van der Waals surface area (Å²) in [7, 11) is 0. The van der Waals surface area contributed by atoms with E-state index < -0.39 is 0 Å². The van der Waals surface area contributed by atoms with Crippen LogP contribution in [-0.2, 0) is 0 Å². The van der Waals surface area contributed by atoms with Gasteiger partial charge in [-0.25, -0.2) is 0 Å². The molecule has 1 aromatic heterocycles. The van der Waals surface area contributed by atoms with Crippen LogP contribution in [0, 0.1) is 24.7 Å². The molecule has 0 amide bonds. The van der Waals surface area contributed by atoms with E-state index in [0.29, 0.717) is 5.92 Å². The predicted molar refractivity (Wildman–Crippen MR) is 74.1 cm³/mol. The van der Waals surface area contributed by atoms with Crippen LogP contribution < -0.4 is 0 Å². The van der Waals surface area contributed by atoms with Gasteiger partial charge in [0.25, 0.3) is 0 Å². The fraction of sp³-hybridized carbons (Fsp3) is 0.600. The number of thiophene rings is 1. The standard InChI is InChI=1S/C15H22S/c1-11(2)8-6-7-9-14-13(5)10-15(16-14)12(3)4/h10-12H,6,8H2,1-5H3. The Morgan fingerprint density at radius 2 is 1.94 bits per heavy atom. The van der Waals surface area contributed by atoms with Crippen molar-refractivity contribution in [2.75, 3.05) is 0 Å². The van der Waals surface area contributed by atoms with Gasteiger partial charge in [0.1, 0.15) is 0 Å². The molecule has 0 unspecified atom stereocenters. The highest BCUT2D eigenvalue weighted by atomic mass is 32.1. The monoisotopic (exact) mass is 234 g/mol. The molecule has 0 saturated heterocycles. The Morgan fingerprint density at radius 3 is 2.44 bits per heavy atom. The Balaban J connectivity index is 2.66. The SMILES string of the molecule is Cc1cc(C(C)C)sc1C#CCCC(C)C. The number of hydrogen-bond donors (Lipinski definition) is 0. The average molecular weight is 234 g/mol. The van der Waals surface area contributed by atoms with Gasteiger partial charge in [0, 0.05) is 11.3 Å². The van der Waals surface area contributed by atoms with E-state index in [2.05, 4.69) is 52.5 Å². The van der Waals surface area contributed by atoms with E-state index in [1.807, 2.05) is 11.3 Å². The van der Waals surface area contributed by atoms with Gasteiger partial charge in [-0.15, -0.1) is 11.3 Å². The summed E-state index contributed by atoms with van der Waals surface area (Å²) < 4.78 is 0. The Morgan fingerprint density at radius 1 is 1.25 bits per heavy atom. The summed E-state index contributed by atoms with van der Waals surface area (Å²) in [6, 6.07) is 2.28. The molecule has 1 aromatic rings. The van der Waals surface area contributed by atoms with Crippen molar-refractivity contribution in [1.29, 1.82) is 0 Å². The van der Waals surface area contributed by atoms with Crippen molar-refractivity contribution < 1.29 is 0 Å². The topological polar surface area (TPSA) is 0 Å². The fourth-order valence-corrected chi connectivity index (χ4v) is 2.47. The number of aryl methyl sites for hydroxylation is 1. The predicted octanol–water partition coefficient (Wildman–Crippen LogP) is 4.97. The summed E-state index contributed by atoms with van der Waals surface area (Å²) in [4.78, 5) is 2.71. The molecular weight excluding hydrogens is 212 g/mol. The summed E-state index contributed by atoms with van der Waals surface area (Å²) in [5.41, 5.74) is 1.34. The largest absolute Gasteiger partial charge is 0.131 e. The zero-order valence-electron chi connectivity index (χ0n) is 11.1. The molecule has 0 N–H and O–H groups in total. The maximum absolute atomic E-state index is 3.31. The first-order valence-corrected chi connectivity index (χ1v) is 6.91. The Bertz CT molecular complexity index is 385. The second kappa shape index (κ2) is 6.11. The van der Waals surface area contributed by atoms with Crippen LogP contribution in [0.3, 0.4) is 0 Å². The van der Waals surface area contributed by atoms with Crippen LogP contribution in [0.5, 0.6) is 0 Å². The third kappa shape index (κ3) is 4.02. The van der Waals surface area contributed by atoms with E-state index in [1.165, 1.54) is 21.7 Å². The lowest BCUT2D eigenvalue weighted by atomic mass is 10.1. The average Bonchev–Trinajstić information content (AvgIpc) is 2.55. The van der Waals surface area contributed by atoms with Crippen LogP contribution in [0.1, 0.15) is 61.8 Å². The molecule has 0 saturated carbocycles. The first kappa shape index (κ1) is 13.3. The van der Waals surface area contributed by atoms with Crippen molar-refractivity contribution in [1.82, 2.24) is 0 Å². The highest BCUT2D eigenvalue weighted by molar-refractivity contribution is 7.12. The van der Waals surface area contributed by atoms with Crippen molar-refractivity contribution in [2.45, 2.75) is 53.4 Å². The maximum atomic E-state index is 3.31. The first-order valence-electron chi connectivity index (χ1n) is 6.10.